The second-order valence-electron chi connectivity index (χ2n) is 3.45. The molecular formula is C11H9FN4O2. The number of aromatic nitrogens is 2. The van der Waals surface area contributed by atoms with Gasteiger partial charge in [0.05, 0.1) is 17.5 Å². The number of nitrogens with zero attached hydrogens (tertiary/aromatic N) is 2. The summed E-state index contributed by atoms with van der Waals surface area (Å²) in [5.41, 5.74) is 4.89. The van der Waals surface area contributed by atoms with Gasteiger partial charge in [-0.1, -0.05) is 17.3 Å². The van der Waals surface area contributed by atoms with Gasteiger partial charge in [-0.2, -0.15) is 0 Å². The lowest BCUT2D eigenvalue weighted by Crippen LogP contribution is -2.16. The number of hydrogen-bond acceptors (Lipinski definition) is 4. The molecule has 4 N–H and O–H groups in total. The number of rotatable bonds is 2. The van der Waals surface area contributed by atoms with E-state index in [9.17, 15) is 9.18 Å². The van der Waals surface area contributed by atoms with E-state index in [0.717, 1.165) is 0 Å². The number of nitrogens with two attached hydrogens (primary N) is 1. The number of oxime groups is 1. The highest BCUT2D eigenvalue weighted by Crippen LogP contribution is 2.21. The Kier molecular flexibility index (Phi) is 3.05. The van der Waals surface area contributed by atoms with Crippen LogP contribution >= 0.6 is 0 Å². The SMILES string of the molecule is N/C(=N/O)c1cccc(-c2cnc[nH]c2=O)c1F. The van der Waals surface area contributed by atoms with Crippen LogP contribution in [0.25, 0.3) is 11.1 Å². The molecule has 0 radical (unpaired) electrons. The first-order chi connectivity index (χ1) is 8.65. The zero-order valence-electron chi connectivity index (χ0n) is 9.09. The molecule has 0 aliphatic heterocycles. The van der Waals surface area contributed by atoms with Crippen molar-refractivity contribution in [3.05, 3.63) is 52.5 Å². The molecule has 0 aliphatic rings. The largest absolute Gasteiger partial charge is 0.409 e. The molecule has 2 rings (SSSR count). The molecule has 0 fully saturated rings. The second kappa shape index (κ2) is 4.66. The first kappa shape index (κ1) is 11.8. The van der Waals surface area contributed by atoms with E-state index in [2.05, 4.69) is 15.1 Å². The Hall–Kier alpha value is -2.70. The normalized spacial score (nSPS) is 11.5. The molecule has 0 saturated heterocycles. The molecule has 1 aromatic carbocycles. The van der Waals surface area contributed by atoms with Gasteiger partial charge in [0.25, 0.3) is 5.56 Å². The lowest BCUT2D eigenvalue weighted by atomic mass is 10.0. The number of H-pyrrole nitrogens is 1. The van der Waals surface area contributed by atoms with Crippen LogP contribution in [0.4, 0.5) is 4.39 Å². The molecule has 0 unspecified atom stereocenters. The maximum Gasteiger partial charge on any atom is 0.258 e. The zero-order chi connectivity index (χ0) is 13.1. The standard InChI is InChI=1S/C11H9FN4O2/c12-9-6(8-4-14-5-15-11(8)17)2-1-3-7(9)10(13)16-18/h1-5,18H,(H2,13,16)(H,14,15,17). The second-order valence-corrected chi connectivity index (χ2v) is 3.45. The van der Waals surface area contributed by atoms with Gasteiger partial charge in [-0.05, 0) is 6.07 Å². The van der Waals surface area contributed by atoms with E-state index in [-0.39, 0.29) is 22.5 Å². The molecule has 1 heterocycles. The molecule has 2 aromatic rings. The van der Waals surface area contributed by atoms with E-state index < -0.39 is 11.4 Å². The van der Waals surface area contributed by atoms with Crippen molar-refractivity contribution in [2.24, 2.45) is 10.9 Å². The number of halogens is 1. The van der Waals surface area contributed by atoms with Crippen LogP contribution in [-0.4, -0.2) is 21.0 Å². The topological polar surface area (TPSA) is 104 Å². The van der Waals surface area contributed by atoms with Crippen LogP contribution in [0.15, 0.2) is 40.7 Å². The minimum Gasteiger partial charge on any atom is -0.409 e. The number of nitrogens with one attached hydrogen (secondary N) is 1. The Morgan fingerprint density at radius 2 is 2.22 bits per heavy atom. The number of benzene rings is 1. The van der Waals surface area contributed by atoms with Crippen LogP contribution in [0.3, 0.4) is 0 Å². The van der Waals surface area contributed by atoms with Crippen molar-refractivity contribution in [1.29, 1.82) is 0 Å². The average molecular weight is 248 g/mol. The Bertz CT molecular complexity index is 666. The highest BCUT2D eigenvalue weighted by Gasteiger charge is 2.14. The maximum absolute atomic E-state index is 14.1. The highest BCUT2D eigenvalue weighted by atomic mass is 19.1. The van der Waals surface area contributed by atoms with Crippen molar-refractivity contribution in [3.8, 4) is 11.1 Å². The van der Waals surface area contributed by atoms with Crippen LogP contribution in [0, 0.1) is 5.82 Å². The third-order valence-electron chi connectivity index (χ3n) is 2.39. The summed E-state index contributed by atoms with van der Waals surface area (Å²) >= 11 is 0. The fraction of sp³-hybridized carbons (Fsp3) is 0. The smallest absolute Gasteiger partial charge is 0.258 e. The van der Waals surface area contributed by atoms with Gasteiger partial charge < -0.3 is 15.9 Å². The first-order valence-corrected chi connectivity index (χ1v) is 4.94. The van der Waals surface area contributed by atoms with Crippen molar-refractivity contribution >= 4 is 5.84 Å². The highest BCUT2D eigenvalue weighted by molar-refractivity contribution is 5.98. The predicted octanol–water partition coefficient (Wildman–Crippen LogP) is 0.671. The van der Waals surface area contributed by atoms with E-state index in [4.69, 9.17) is 10.9 Å². The van der Waals surface area contributed by atoms with Crippen LogP contribution in [0.2, 0.25) is 0 Å². The lowest BCUT2D eigenvalue weighted by Gasteiger charge is -2.06. The van der Waals surface area contributed by atoms with E-state index in [1.807, 2.05) is 0 Å². The van der Waals surface area contributed by atoms with Gasteiger partial charge in [0.1, 0.15) is 5.82 Å². The summed E-state index contributed by atoms with van der Waals surface area (Å²) in [6.45, 7) is 0. The van der Waals surface area contributed by atoms with E-state index >= 15 is 0 Å². The summed E-state index contributed by atoms with van der Waals surface area (Å²) in [4.78, 5) is 17.6. The molecule has 1 aromatic heterocycles. The van der Waals surface area contributed by atoms with Gasteiger partial charge in [-0.15, -0.1) is 0 Å². The average Bonchev–Trinajstić information content (AvgIpc) is 2.39. The Labute approximate surface area is 101 Å². The molecule has 18 heavy (non-hydrogen) atoms. The monoisotopic (exact) mass is 248 g/mol. The van der Waals surface area contributed by atoms with Gasteiger partial charge in [-0.25, -0.2) is 9.37 Å². The summed E-state index contributed by atoms with van der Waals surface area (Å²) in [6.07, 6.45) is 2.45. The van der Waals surface area contributed by atoms with E-state index in [1.54, 1.807) is 0 Å². The van der Waals surface area contributed by atoms with Crippen LogP contribution in [0.5, 0.6) is 0 Å². The van der Waals surface area contributed by atoms with Gasteiger partial charge >= 0.3 is 0 Å². The fourth-order valence-corrected chi connectivity index (χ4v) is 1.53. The first-order valence-electron chi connectivity index (χ1n) is 4.94. The Morgan fingerprint density at radius 3 is 2.89 bits per heavy atom. The Morgan fingerprint density at radius 1 is 1.44 bits per heavy atom. The van der Waals surface area contributed by atoms with Crippen LogP contribution in [-0.2, 0) is 0 Å². The molecule has 0 bridgehead atoms. The van der Waals surface area contributed by atoms with Crippen LogP contribution in [0.1, 0.15) is 5.56 Å². The van der Waals surface area contributed by atoms with E-state index in [0.29, 0.717) is 0 Å². The molecule has 0 aliphatic carbocycles. The molecule has 0 atom stereocenters. The van der Waals surface area contributed by atoms with Gasteiger partial charge in [0.2, 0.25) is 0 Å². The Balaban J connectivity index is 2.68. The third kappa shape index (κ3) is 1.93. The molecule has 0 saturated carbocycles. The van der Waals surface area contributed by atoms with Crippen molar-refractivity contribution in [2.45, 2.75) is 0 Å². The third-order valence-corrected chi connectivity index (χ3v) is 2.39. The molecule has 6 nitrogen and oxygen atoms in total. The van der Waals surface area contributed by atoms with Crippen LogP contribution < -0.4 is 11.3 Å². The summed E-state index contributed by atoms with van der Waals surface area (Å²) in [5.74, 6) is -1.11. The zero-order valence-corrected chi connectivity index (χ0v) is 9.09. The molecule has 7 heteroatoms. The van der Waals surface area contributed by atoms with Crippen molar-refractivity contribution in [1.82, 2.24) is 9.97 Å². The lowest BCUT2D eigenvalue weighted by molar-refractivity contribution is 0.318. The van der Waals surface area contributed by atoms with E-state index in [1.165, 1.54) is 30.7 Å². The van der Waals surface area contributed by atoms with Crippen molar-refractivity contribution in [2.75, 3.05) is 0 Å². The minimum atomic E-state index is -0.744. The van der Waals surface area contributed by atoms with Gasteiger partial charge in [0.15, 0.2) is 5.84 Å². The summed E-state index contributed by atoms with van der Waals surface area (Å²) in [6, 6.07) is 4.26. The van der Waals surface area contributed by atoms with Gasteiger partial charge in [0, 0.05) is 11.8 Å². The minimum absolute atomic E-state index is 0.0356. The predicted molar refractivity (Wildman–Crippen MR) is 62.8 cm³/mol. The number of hydrogen-bond donors (Lipinski definition) is 3. The van der Waals surface area contributed by atoms with Crippen molar-refractivity contribution in [3.63, 3.8) is 0 Å². The van der Waals surface area contributed by atoms with Crippen molar-refractivity contribution < 1.29 is 9.60 Å². The summed E-state index contributed by atoms with van der Waals surface area (Å²) < 4.78 is 14.1. The maximum atomic E-state index is 14.1. The summed E-state index contributed by atoms with van der Waals surface area (Å²) in [7, 11) is 0. The van der Waals surface area contributed by atoms with Gasteiger partial charge in [-0.3, -0.25) is 4.79 Å². The number of aromatic amines is 1. The molecule has 0 amide bonds. The molecule has 0 spiro atoms. The molecular weight excluding hydrogens is 239 g/mol. The number of amidine groups is 1. The fourth-order valence-electron chi connectivity index (χ4n) is 1.53. The quantitative estimate of drug-likeness (QED) is 0.314. The summed E-state index contributed by atoms with van der Waals surface area (Å²) in [5, 5.41) is 11.3. The molecule has 92 valence electrons.